The van der Waals surface area contributed by atoms with Crippen LogP contribution in [0.15, 0.2) is 21.9 Å². The van der Waals surface area contributed by atoms with Gasteiger partial charge in [-0.05, 0) is 11.8 Å². The van der Waals surface area contributed by atoms with E-state index < -0.39 is 5.91 Å². The second-order valence-corrected chi connectivity index (χ2v) is 7.28. The number of dihydropyridines is 1. The molecule has 6 heteroatoms. The van der Waals surface area contributed by atoms with E-state index in [0.717, 1.165) is 12.1 Å². The fraction of sp³-hybridized carbons (Fsp3) is 0.533. The van der Waals surface area contributed by atoms with Crippen molar-refractivity contribution in [1.82, 2.24) is 5.32 Å². The van der Waals surface area contributed by atoms with Gasteiger partial charge in [-0.2, -0.15) is 5.26 Å². The molecule has 0 radical (unpaired) electrons. The highest BCUT2D eigenvalue weighted by Crippen LogP contribution is 2.43. The minimum absolute atomic E-state index is 0.0910. The lowest BCUT2D eigenvalue weighted by atomic mass is 9.71. The first-order chi connectivity index (χ1) is 9.75. The number of allylic oxidation sites excluding steroid dienone is 3. The first-order valence-corrected chi connectivity index (χ1v) is 7.82. The SMILES string of the molecule is CC1C(C#N)=C(SCC(N)=O)NC2=C1C(=O)CC(C)(C)C2. The van der Waals surface area contributed by atoms with Gasteiger partial charge in [-0.3, -0.25) is 9.59 Å². The van der Waals surface area contributed by atoms with E-state index in [1.165, 1.54) is 11.8 Å². The molecular weight excluding hydrogens is 286 g/mol. The minimum Gasteiger partial charge on any atom is -0.369 e. The number of nitrogens with zero attached hydrogens (tertiary/aromatic N) is 1. The zero-order valence-electron chi connectivity index (χ0n) is 12.4. The summed E-state index contributed by atoms with van der Waals surface area (Å²) in [6.07, 6.45) is 1.26. The average Bonchev–Trinajstić information content (AvgIpc) is 2.33. The number of thioether (sulfide) groups is 1. The molecule has 0 fully saturated rings. The van der Waals surface area contributed by atoms with E-state index in [9.17, 15) is 14.9 Å². The number of nitrogens with two attached hydrogens (primary N) is 1. The van der Waals surface area contributed by atoms with Crippen LogP contribution in [0.5, 0.6) is 0 Å². The van der Waals surface area contributed by atoms with Gasteiger partial charge in [0.05, 0.1) is 22.4 Å². The number of ketones is 1. The van der Waals surface area contributed by atoms with Crippen LogP contribution in [0.1, 0.15) is 33.6 Å². The van der Waals surface area contributed by atoms with Gasteiger partial charge in [-0.25, -0.2) is 0 Å². The van der Waals surface area contributed by atoms with E-state index in [2.05, 4.69) is 25.2 Å². The Bertz CT molecular complexity index is 611. The first kappa shape index (κ1) is 15.6. The lowest BCUT2D eigenvalue weighted by molar-refractivity contribution is -0.118. The van der Waals surface area contributed by atoms with E-state index in [1.54, 1.807) is 0 Å². The summed E-state index contributed by atoms with van der Waals surface area (Å²) in [5.74, 6) is -0.447. The van der Waals surface area contributed by atoms with Gasteiger partial charge in [0.25, 0.3) is 0 Å². The number of nitriles is 1. The number of amides is 1. The first-order valence-electron chi connectivity index (χ1n) is 6.84. The summed E-state index contributed by atoms with van der Waals surface area (Å²) in [5, 5.41) is 13.2. The second kappa shape index (κ2) is 5.57. The summed E-state index contributed by atoms with van der Waals surface area (Å²) in [5.41, 5.74) is 7.19. The number of hydrogen-bond acceptors (Lipinski definition) is 5. The highest BCUT2D eigenvalue weighted by molar-refractivity contribution is 8.03. The number of Topliss-reactive ketones (excluding diaryl/α,β-unsaturated/α-hetero) is 1. The molecule has 0 bridgehead atoms. The summed E-state index contributed by atoms with van der Waals surface area (Å²) >= 11 is 1.23. The maximum Gasteiger partial charge on any atom is 0.227 e. The number of carbonyl (C=O) groups excluding carboxylic acids is 2. The number of carbonyl (C=O) groups is 2. The molecule has 3 N–H and O–H groups in total. The Kier molecular flexibility index (Phi) is 4.15. The highest BCUT2D eigenvalue weighted by Gasteiger charge is 2.39. The second-order valence-electron chi connectivity index (χ2n) is 6.29. The summed E-state index contributed by atoms with van der Waals surface area (Å²) in [6.45, 7) is 5.98. The highest BCUT2D eigenvalue weighted by atomic mass is 32.2. The van der Waals surface area contributed by atoms with Crippen LogP contribution in [0.2, 0.25) is 0 Å². The minimum atomic E-state index is -0.431. The molecule has 5 nitrogen and oxygen atoms in total. The Morgan fingerprint density at radius 2 is 2.19 bits per heavy atom. The standard InChI is InChI=1S/C15H19N3O2S/c1-8-9(6-16)14(21-7-12(17)20)18-10-4-15(2,3)5-11(19)13(8)10/h8,18H,4-5,7H2,1-3H3,(H2,17,20). The van der Waals surface area contributed by atoms with E-state index in [-0.39, 0.29) is 22.9 Å². The predicted octanol–water partition coefficient (Wildman–Crippen LogP) is 1.82. The zero-order chi connectivity index (χ0) is 15.8. The van der Waals surface area contributed by atoms with Crippen LogP contribution < -0.4 is 11.1 Å². The molecule has 1 aliphatic carbocycles. The lowest BCUT2D eigenvalue weighted by Gasteiger charge is -2.37. The molecule has 21 heavy (non-hydrogen) atoms. The van der Waals surface area contributed by atoms with Crippen LogP contribution in [-0.2, 0) is 9.59 Å². The van der Waals surface area contributed by atoms with Crippen molar-refractivity contribution in [2.75, 3.05) is 5.75 Å². The fourth-order valence-electron chi connectivity index (χ4n) is 2.90. The van der Waals surface area contributed by atoms with Crippen LogP contribution >= 0.6 is 11.8 Å². The quantitative estimate of drug-likeness (QED) is 0.829. The zero-order valence-corrected chi connectivity index (χ0v) is 13.3. The average molecular weight is 305 g/mol. The molecule has 0 saturated heterocycles. The Labute approximate surface area is 128 Å². The molecule has 1 heterocycles. The summed E-state index contributed by atoms with van der Waals surface area (Å²) in [7, 11) is 0. The third-order valence-corrected chi connectivity index (χ3v) is 4.81. The molecule has 0 aromatic heterocycles. The van der Waals surface area contributed by atoms with Crippen LogP contribution in [0.25, 0.3) is 0 Å². The van der Waals surface area contributed by atoms with E-state index in [0.29, 0.717) is 22.6 Å². The number of nitrogens with one attached hydrogen (secondary N) is 1. The third kappa shape index (κ3) is 3.13. The molecular formula is C15H19N3O2S. The molecule has 0 spiro atoms. The van der Waals surface area contributed by atoms with Crippen molar-refractivity contribution in [2.45, 2.75) is 33.6 Å². The van der Waals surface area contributed by atoms with E-state index >= 15 is 0 Å². The maximum absolute atomic E-state index is 12.4. The number of rotatable bonds is 3. The van der Waals surface area contributed by atoms with Crippen LogP contribution in [-0.4, -0.2) is 17.4 Å². The Balaban J connectivity index is 2.35. The Hall–Kier alpha value is -1.74. The van der Waals surface area contributed by atoms with Gasteiger partial charge in [0.2, 0.25) is 5.91 Å². The van der Waals surface area contributed by atoms with Gasteiger partial charge < -0.3 is 11.1 Å². The molecule has 2 rings (SSSR count). The van der Waals surface area contributed by atoms with Crippen molar-refractivity contribution >= 4 is 23.5 Å². The molecule has 1 atom stereocenters. The molecule has 0 aromatic carbocycles. The number of primary amides is 1. The monoisotopic (exact) mass is 305 g/mol. The van der Waals surface area contributed by atoms with Crippen LogP contribution in [0.4, 0.5) is 0 Å². The van der Waals surface area contributed by atoms with E-state index in [4.69, 9.17) is 5.73 Å². The number of hydrogen-bond donors (Lipinski definition) is 2. The molecule has 112 valence electrons. The topological polar surface area (TPSA) is 96.0 Å². The summed E-state index contributed by atoms with van der Waals surface area (Å²) < 4.78 is 0. The van der Waals surface area contributed by atoms with Gasteiger partial charge in [0, 0.05) is 23.6 Å². The van der Waals surface area contributed by atoms with Gasteiger partial charge in [0.15, 0.2) is 5.78 Å². The molecule has 1 aliphatic heterocycles. The van der Waals surface area contributed by atoms with E-state index in [1.807, 2.05) is 6.92 Å². The summed E-state index contributed by atoms with van der Waals surface area (Å²) in [4.78, 5) is 23.3. The van der Waals surface area contributed by atoms with Crippen LogP contribution in [0.3, 0.4) is 0 Å². The predicted molar refractivity (Wildman–Crippen MR) is 81.6 cm³/mol. The molecule has 1 unspecified atom stereocenters. The van der Waals surface area contributed by atoms with Crippen LogP contribution in [0, 0.1) is 22.7 Å². The van der Waals surface area contributed by atoms with Gasteiger partial charge in [-0.15, -0.1) is 0 Å². The Morgan fingerprint density at radius 3 is 2.76 bits per heavy atom. The van der Waals surface area contributed by atoms with Gasteiger partial charge in [-0.1, -0.05) is 32.5 Å². The van der Waals surface area contributed by atoms with Crippen molar-refractivity contribution in [3.05, 3.63) is 21.9 Å². The van der Waals surface area contributed by atoms with Gasteiger partial charge >= 0.3 is 0 Å². The van der Waals surface area contributed by atoms with Crippen molar-refractivity contribution in [3.63, 3.8) is 0 Å². The van der Waals surface area contributed by atoms with Gasteiger partial charge in [0.1, 0.15) is 0 Å². The Morgan fingerprint density at radius 1 is 1.52 bits per heavy atom. The third-order valence-electron chi connectivity index (χ3n) is 3.77. The van der Waals surface area contributed by atoms with Crippen molar-refractivity contribution < 1.29 is 9.59 Å². The molecule has 0 aromatic rings. The maximum atomic E-state index is 12.4. The lowest BCUT2D eigenvalue weighted by Crippen LogP contribution is -2.37. The molecule has 2 aliphatic rings. The summed E-state index contributed by atoms with van der Waals surface area (Å²) in [6, 6.07) is 2.16. The van der Waals surface area contributed by atoms with Crippen molar-refractivity contribution in [1.29, 1.82) is 5.26 Å². The molecule has 1 amide bonds. The smallest absolute Gasteiger partial charge is 0.227 e. The normalized spacial score (nSPS) is 24.3. The van der Waals surface area contributed by atoms with Crippen molar-refractivity contribution in [2.24, 2.45) is 17.1 Å². The van der Waals surface area contributed by atoms with Crippen molar-refractivity contribution in [3.8, 4) is 6.07 Å². The fourth-order valence-corrected chi connectivity index (χ4v) is 3.76. The molecule has 0 saturated carbocycles. The largest absolute Gasteiger partial charge is 0.369 e.